The Morgan fingerprint density at radius 2 is 1.83 bits per heavy atom. The molecule has 0 unspecified atom stereocenters. The average Bonchev–Trinajstić information content (AvgIpc) is 2.73. The van der Waals surface area contributed by atoms with Gasteiger partial charge in [0.25, 0.3) is 0 Å². The van der Waals surface area contributed by atoms with E-state index in [-0.39, 0.29) is 0 Å². The number of nitrogens with zero attached hydrogens (tertiary/aromatic N) is 1. The number of anilines is 1. The first-order valence-electron chi connectivity index (χ1n) is 6.91. The van der Waals surface area contributed by atoms with Crippen LogP contribution in [0.15, 0.2) is 24.0 Å². The van der Waals surface area contributed by atoms with E-state index in [9.17, 15) is 0 Å². The third kappa shape index (κ3) is 2.69. The van der Waals surface area contributed by atoms with E-state index in [1.54, 1.807) is 0 Å². The highest BCUT2D eigenvalue weighted by atomic mass is 15.3. The summed E-state index contributed by atoms with van der Waals surface area (Å²) in [7, 11) is 0. The minimum atomic E-state index is 0.907. The molecule has 0 amide bonds. The molecule has 1 N–H and O–H groups in total. The number of allylic oxidation sites excluding steroid dienone is 1. The molecular weight excluding hydrogens is 220 g/mol. The highest BCUT2D eigenvalue weighted by Gasteiger charge is 2.16. The molecule has 2 nitrogen and oxygen atoms in total. The van der Waals surface area contributed by atoms with Gasteiger partial charge >= 0.3 is 0 Å². The van der Waals surface area contributed by atoms with Gasteiger partial charge in [-0.05, 0) is 44.7 Å². The van der Waals surface area contributed by atoms with Crippen molar-refractivity contribution in [3.8, 4) is 0 Å². The van der Waals surface area contributed by atoms with Crippen molar-refractivity contribution in [1.82, 2.24) is 5.32 Å². The van der Waals surface area contributed by atoms with Gasteiger partial charge in [-0.2, -0.15) is 0 Å². The SMILES string of the molecule is CCCCC1=CN(c2c(C)cc(C)cc2C)CN1. The topological polar surface area (TPSA) is 15.3 Å². The largest absolute Gasteiger partial charge is 0.370 e. The summed E-state index contributed by atoms with van der Waals surface area (Å²) < 4.78 is 0. The van der Waals surface area contributed by atoms with Crippen LogP contribution < -0.4 is 10.2 Å². The Morgan fingerprint density at radius 1 is 1.17 bits per heavy atom. The van der Waals surface area contributed by atoms with E-state index in [4.69, 9.17) is 0 Å². The zero-order chi connectivity index (χ0) is 13.1. The van der Waals surface area contributed by atoms with E-state index in [0.29, 0.717) is 0 Å². The van der Waals surface area contributed by atoms with Crippen LogP contribution in [0.4, 0.5) is 5.69 Å². The van der Waals surface area contributed by atoms with E-state index in [1.165, 1.54) is 40.9 Å². The van der Waals surface area contributed by atoms with Gasteiger partial charge in [0.2, 0.25) is 0 Å². The number of rotatable bonds is 4. The predicted molar refractivity (Wildman–Crippen MR) is 78.7 cm³/mol. The Hall–Kier alpha value is -1.44. The maximum atomic E-state index is 3.50. The smallest absolute Gasteiger partial charge is 0.0918 e. The van der Waals surface area contributed by atoms with Crippen LogP contribution in [-0.2, 0) is 0 Å². The van der Waals surface area contributed by atoms with E-state index >= 15 is 0 Å². The van der Waals surface area contributed by atoms with Crippen LogP contribution in [0, 0.1) is 20.8 Å². The Labute approximate surface area is 111 Å². The number of hydrogen-bond donors (Lipinski definition) is 1. The second-order valence-corrected chi connectivity index (χ2v) is 5.31. The third-order valence-electron chi connectivity index (χ3n) is 3.51. The summed E-state index contributed by atoms with van der Waals surface area (Å²) in [5.74, 6) is 0. The summed E-state index contributed by atoms with van der Waals surface area (Å²) in [6.45, 7) is 9.71. The van der Waals surface area contributed by atoms with Crippen molar-refractivity contribution in [2.24, 2.45) is 0 Å². The summed E-state index contributed by atoms with van der Waals surface area (Å²) in [6, 6.07) is 4.53. The first-order chi connectivity index (χ1) is 8.61. The summed E-state index contributed by atoms with van der Waals surface area (Å²) in [5, 5.41) is 3.50. The van der Waals surface area contributed by atoms with Crippen LogP contribution in [-0.4, -0.2) is 6.67 Å². The molecule has 1 heterocycles. The van der Waals surface area contributed by atoms with Gasteiger partial charge in [-0.25, -0.2) is 0 Å². The molecule has 0 fully saturated rings. The van der Waals surface area contributed by atoms with Crippen LogP contribution in [0.5, 0.6) is 0 Å². The second kappa shape index (κ2) is 5.47. The zero-order valence-corrected chi connectivity index (χ0v) is 12.0. The molecule has 1 aliphatic rings. The van der Waals surface area contributed by atoms with Crippen molar-refractivity contribution in [3.05, 3.63) is 40.7 Å². The fourth-order valence-electron chi connectivity index (χ4n) is 2.76. The highest BCUT2D eigenvalue weighted by molar-refractivity contribution is 5.63. The molecule has 2 rings (SSSR count). The molecule has 0 bridgehead atoms. The van der Waals surface area contributed by atoms with Crippen molar-refractivity contribution in [3.63, 3.8) is 0 Å². The van der Waals surface area contributed by atoms with E-state index in [2.05, 4.69) is 56.2 Å². The van der Waals surface area contributed by atoms with Crippen LogP contribution in [0.3, 0.4) is 0 Å². The summed E-state index contributed by atoms with van der Waals surface area (Å²) in [4.78, 5) is 2.34. The minimum absolute atomic E-state index is 0.907. The fraction of sp³-hybridized carbons (Fsp3) is 0.500. The maximum Gasteiger partial charge on any atom is 0.0918 e. The molecule has 0 saturated carbocycles. The van der Waals surface area contributed by atoms with Gasteiger partial charge in [0, 0.05) is 17.6 Å². The number of unbranched alkanes of at least 4 members (excludes halogenated alkanes) is 1. The van der Waals surface area contributed by atoms with Gasteiger partial charge in [-0.1, -0.05) is 31.0 Å². The highest BCUT2D eigenvalue weighted by Crippen LogP contribution is 2.28. The second-order valence-electron chi connectivity index (χ2n) is 5.31. The normalized spacial score (nSPS) is 14.7. The molecule has 2 heteroatoms. The number of nitrogens with one attached hydrogen (secondary N) is 1. The molecule has 0 spiro atoms. The molecule has 1 aromatic rings. The molecule has 1 aromatic carbocycles. The van der Waals surface area contributed by atoms with E-state index < -0.39 is 0 Å². The van der Waals surface area contributed by atoms with Crippen LogP contribution in [0.2, 0.25) is 0 Å². The quantitative estimate of drug-likeness (QED) is 0.861. The van der Waals surface area contributed by atoms with Gasteiger partial charge in [0.15, 0.2) is 0 Å². The van der Waals surface area contributed by atoms with Crippen LogP contribution in [0.1, 0.15) is 42.9 Å². The average molecular weight is 244 g/mol. The molecule has 0 radical (unpaired) electrons. The first kappa shape index (κ1) is 13.0. The van der Waals surface area contributed by atoms with Crippen LogP contribution >= 0.6 is 0 Å². The van der Waals surface area contributed by atoms with Crippen LogP contribution in [0.25, 0.3) is 0 Å². The molecule has 0 saturated heterocycles. The lowest BCUT2D eigenvalue weighted by molar-refractivity contribution is 0.734. The van der Waals surface area contributed by atoms with Gasteiger partial charge in [-0.3, -0.25) is 0 Å². The molecule has 1 aliphatic heterocycles. The minimum Gasteiger partial charge on any atom is -0.370 e. The Bertz CT molecular complexity index is 437. The van der Waals surface area contributed by atoms with Crippen molar-refractivity contribution in [2.45, 2.75) is 47.0 Å². The standard InChI is InChI=1S/C16H24N2/c1-5-6-7-15-10-18(11-17-15)16-13(3)8-12(2)9-14(16)4/h8-10,17H,5-7,11H2,1-4H3. The molecule has 0 aliphatic carbocycles. The van der Waals surface area contributed by atoms with Crippen molar-refractivity contribution < 1.29 is 0 Å². The predicted octanol–water partition coefficient (Wildman–Crippen LogP) is 4.01. The monoisotopic (exact) mass is 244 g/mol. The summed E-state index contributed by atoms with van der Waals surface area (Å²) in [5.41, 5.74) is 6.80. The van der Waals surface area contributed by atoms with Gasteiger partial charge < -0.3 is 10.2 Å². The lowest BCUT2D eigenvalue weighted by Gasteiger charge is -2.20. The molecular formula is C16H24N2. The van der Waals surface area contributed by atoms with Crippen molar-refractivity contribution in [1.29, 1.82) is 0 Å². The van der Waals surface area contributed by atoms with Gasteiger partial charge in [0.05, 0.1) is 6.67 Å². The molecule has 18 heavy (non-hydrogen) atoms. The third-order valence-corrected chi connectivity index (χ3v) is 3.51. The Balaban J connectivity index is 2.21. The first-order valence-corrected chi connectivity index (χ1v) is 6.91. The summed E-state index contributed by atoms with van der Waals surface area (Å²) >= 11 is 0. The van der Waals surface area contributed by atoms with Crippen molar-refractivity contribution >= 4 is 5.69 Å². The van der Waals surface area contributed by atoms with Crippen molar-refractivity contribution in [2.75, 3.05) is 11.6 Å². The molecule has 98 valence electrons. The van der Waals surface area contributed by atoms with E-state index in [1.807, 2.05) is 0 Å². The molecule has 0 aromatic heterocycles. The fourth-order valence-corrected chi connectivity index (χ4v) is 2.76. The number of hydrogen-bond acceptors (Lipinski definition) is 2. The summed E-state index contributed by atoms with van der Waals surface area (Å²) in [6.07, 6.45) is 5.96. The lowest BCUT2D eigenvalue weighted by atomic mass is 10.0. The lowest BCUT2D eigenvalue weighted by Crippen LogP contribution is -2.22. The number of aryl methyl sites for hydroxylation is 3. The van der Waals surface area contributed by atoms with Gasteiger partial charge in [0.1, 0.15) is 0 Å². The maximum absolute atomic E-state index is 3.50. The molecule has 0 atom stereocenters. The van der Waals surface area contributed by atoms with Gasteiger partial charge in [-0.15, -0.1) is 0 Å². The Morgan fingerprint density at radius 3 is 2.44 bits per heavy atom. The van der Waals surface area contributed by atoms with E-state index in [0.717, 1.165) is 13.1 Å². The Kier molecular flexibility index (Phi) is 3.95. The zero-order valence-electron chi connectivity index (χ0n) is 12.0. The number of benzene rings is 1.